The van der Waals surface area contributed by atoms with Crippen molar-refractivity contribution in [1.82, 2.24) is 4.90 Å². The van der Waals surface area contributed by atoms with Crippen LogP contribution in [0.4, 0.5) is 0 Å². The molecule has 0 aromatic heterocycles. The monoisotopic (exact) mass is 246 g/mol. The fourth-order valence-electron chi connectivity index (χ4n) is 2.64. The Labute approximate surface area is 109 Å². The highest BCUT2D eigenvalue weighted by atomic mass is 16.4. The summed E-state index contributed by atoms with van der Waals surface area (Å²) in [5.41, 5.74) is 2.33. The quantitative estimate of drug-likeness (QED) is 0.657. The van der Waals surface area contributed by atoms with Crippen LogP contribution in [0.25, 0.3) is 0 Å². The highest BCUT2D eigenvalue weighted by Crippen LogP contribution is 2.20. The number of hydrogen-bond donors (Lipinski definition) is 1. The molecule has 1 aromatic carbocycles. The molecule has 0 amide bonds. The summed E-state index contributed by atoms with van der Waals surface area (Å²) in [6.07, 6.45) is 1.97. The number of hydrogen-bond acceptors (Lipinski definition) is 3. The Balaban J connectivity index is 1.90. The molecule has 3 nitrogen and oxygen atoms in total. The first-order valence-corrected chi connectivity index (χ1v) is 6.69. The maximum atomic E-state index is 8.94. The van der Waals surface area contributed by atoms with Gasteiger partial charge in [0.15, 0.2) is 0 Å². The molecule has 0 radical (unpaired) electrons. The molecule has 0 aliphatic carbocycles. The molecule has 1 aliphatic rings. The Morgan fingerprint density at radius 3 is 2.67 bits per heavy atom. The molecule has 1 aliphatic heterocycles. The molecule has 1 heterocycles. The highest BCUT2D eigenvalue weighted by molar-refractivity contribution is 5.87. The topological polar surface area (TPSA) is 35.8 Å². The normalized spacial score (nSPS) is 27.6. The van der Waals surface area contributed by atoms with Crippen LogP contribution in [-0.2, 0) is 6.42 Å². The van der Waals surface area contributed by atoms with Gasteiger partial charge in [0.1, 0.15) is 0 Å². The summed E-state index contributed by atoms with van der Waals surface area (Å²) in [5.74, 6) is 0.363. The minimum absolute atomic E-state index is 0.363. The van der Waals surface area contributed by atoms with E-state index in [1.165, 1.54) is 5.56 Å². The highest BCUT2D eigenvalue weighted by Gasteiger charge is 2.27. The lowest BCUT2D eigenvalue weighted by molar-refractivity contribution is 0.178. The zero-order valence-corrected chi connectivity index (χ0v) is 11.2. The zero-order valence-electron chi connectivity index (χ0n) is 11.2. The van der Waals surface area contributed by atoms with Crippen LogP contribution in [0.15, 0.2) is 35.5 Å². The third-order valence-corrected chi connectivity index (χ3v) is 3.86. The van der Waals surface area contributed by atoms with Gasteiger partial charge in [-0.3, -0.25) is 4.90 Å². The Kier molecular flexibility index (Phi) is 4.37. The molecular weight excluding hydrogens is 224 g/mol. The molecule has 98 valence electrons. The van der Waals surface area contributed by atoms with E-state index in [2.05, 4.69) is 54.2 Å². The van der Waals surface area contributed by atoms with Crippen LogP contribution >= 0.6 is 0 Å². The Hall–Kier alpha value is -1.35. The van der Waals surface area contributed by atoms with Gasteiger partial charge in [-0.1, -0.05) is 42.4 Å². The second kappa shape index (κ2) is 6.01. The first-order chi connectivity index (χ1) is 8.70. The van der Waals surface area contributed by atoms with E-state index in [-0.39, 0.29) is 0 Å². The van der Waals surface area contributed by atoms with Gasteiger partial charge in [0.2, 0.25) is 0 Å². The van der Waals surface area contributed by atoms with Crippen LogP contribution in [0.1, 0.15) is 25.8 Å². The summed E-state index contributed by atoms with van der Waals surface area (Å²) in [5, 5.41) is 12.4. The third-order valence-electron chi connectivity index (χ3n) is 3.86. The van der Waals surface area contributed by atoms with Crippen LogP contribution in [0.3, 0.4) is 0 Å². The summed E-state index contributed by atoms with van der Waals surface area (Å²) in [6, 6.07) is 11.1. The van der Waals surface area contributed by atoms with Gasteiger partial charge >= 0.3 is 0 Å². The first-order valence-electron chi connectivity index (χ1n) is 6.69. The largest absolute Gasteiger partial charge is 0.411 e. The molecule has 1 fully saturated rings. The maximum absolute atomic E-state index is 8.94. The van der Waals surface area contributed by atoms with Crippen molar-refractivity contribution in [2.24, 2.45) is 11.1 Å². The lowest BCUT2D eigenvalue weighted by Crippen LogP contribution is -2.46. The van der Waals surface area contributed by atoms with Crippen molar-refractivity contribution >= 4 is 5.71 Å². The van der Waals surface area contributed by atoms with E-state index < -0.39 is 0 Å². The van der Waals surface area contributed by atoms with Crippen LogP contribution < -0.4 is 0 Å². The molecule has 0 bridgehead atoms. The SMILES string of the molecule is C[C@@H]1CN(CCc2ccccc2)[C@@H](C)C/C1=N\O. The molecule has 1 saturated heterocycles. The van der Waals surface area contributed by atoms with Gasteiger partial charge in [-0.05, 0) is 18.9 Å². The number of piperidine rings is 1. The van der Waals surface area contributed by atoms with E-state index in [1.807, 2.05) is 0 Å². The summed E-state index contributed by atoms with van der Waals surface area (Å²) in [6.45, 7) is 6.42. The zero-order chi connectivity index (χ0) is 13.0. The van der Waals surface area contributed by atoms with Crippen molar-refractivity contribution in [3.63, 3.8) is 0 Å². The van der Waals surface area contributed by atoms with E-state index in [1.54, 1.807) is 0 Å². The molecule has 2 rings (SSSR count). The Morgan fingerprint density at radius 2 is 2.00 bits per heavy atom. The minimum atomic E-state index is 0.363. The number of benzene rings is 1. The summed E-state index contributed by atoms with van der Waals surface area (Å²) in [7, 11) is 0. The van der Waals surface area contributed by atoms with E-state index >= 15 is 0 Å². The third kappa shape index (κ3) is 3.10. The number of nitrogens with zero attached hydrogens (tertiary/aromatic N) is 2. The molecule has 0 spiro atoms. The molecule has 0 unspecified atom stereocenters. The van der Waals surface area contributed by atoms with Crippen molar-refractivity contribution in [2.45, 2.75) is 32.7 Å². The average molecular weight is 246 g/mol. The molecular formula is C15H22N2O. The molecule has 0 saturated carbocycles. The van der Waals surface area contributed by atoms with Gasteiger partial charge in [-0.2, -0.15) is 0 Å². The summed E-state index contributed by atoms with van der Waals surface area (Å²) < 4.78 is 0. The maximum Gasteiger partial charge on any atom is 0.0627 e. The van der Waals surface area contributed by atoms with Crippen molar-refractivity contribution in [3.8, 4) is 0 Å². The van der Waals surface area contributed by atoms with Gasteiger partial charge in [-0.15, -0.1) is 0 Å². The van der Waals surface area contributed by atoms with Crippen molar-refractivity contribution in [1.29, 1.82) is 0 Å². The van der Waals surface area contributed by atoms with Crippen LogP contribution in [-0.4, -0.2) is 35.0 Å². The fourth-order valence-corrected chi connectivity index (χ4v) is 2.64. The van der Waals surface area contributed by atoms with E-state index in [0.717, 1.165) is 31.6 Å². The fraction of sp³-hybridized carbons (Fsp3) is 0.533. The summed E-state index contributed by atoms with van der Waals surface area (Å²) in [4.78, 5) is 2.49. The van der Waals surface area contributed by atoms with Crippen LogP contribution in [0.2, 0.25) is 0 Å². The molecule has 18 heavy (non-hydrogen) atoms. The van der Waals surface area contributed by atoms with Crippen molar-refractivity contribution < 1.29 is 5.21 Å². The number of oxime groups is 1. The van der Waals surface area contributed by atoms with Gasteiger partial charge < -0.3 is 5.21 Å². The van der Waals surface area contributed by atoms with Gasteiger partial charge in [0.05, 0.1) is 5.71 Å². The van der Waals surface area contributed by atoms with Crippen molar-refractivity contribution in [2.75, 3.05) is 13.1 Å². The van der Waals surface area contributed by atoms with Crippen LogP contribution in [0.5, 0.6) is 0 Å². The van der Waals surface area contributed by atoms with Crippen molar-refractivity contribution in [3.05, 3.63) is 35.9 Å². The van der Waals surface area contributed by atoms with E-state index in [4.69, 9.17) is 5.21 Å². The Morgan fingerprint density at radius 1 is 1.28 bits per heavy atom. The van der Waals surface area contributed by atoms with Gasteiger partial charge in [-0.25, -0.2) is 0 Å². The average Bonchev–Trinajstić information content (AvgIpc) is 2.40. The lowest BCUT2D eigenvalue weighted by atomic mass is 9.92. The molecule has 1 N–H and O–H groups in total. The van der Waals surface area contributed by atoms with E-state index in [9.17, 15) is 0 Å². The van der Waals surface area contributed by atoms with Gasteiger partial charge in [0.25, 0.3) is 0 Å². The predicted octanol–water partition coefficient (Wildman–Crippen LogP) is 2.79. The smallest absolute Gasteiger partial charge is 0.0627 e. The van der Waals surface area contributed by atoms with E-state index in [0.29, 0.717) is 12.0 Å². The molecule has 3 heteroatoms. The molecule has 1 aromatic rings. The minimum Gasteiger partial charge on any atom is -0.411 e. The standard InChI is InChI=1S/C15H22N2O/c1-12-11-17(13(2)10-15(12)16-18)9-8-14-6-4-3-5-7-14/h3-7,12-13,18H,8-11H2,1-2H3/b16-15+/t12-,13+/m1/s1. The van der Waals surface area contributed by atoms with Gasteiger partial charge in [0, 0.05) is 31.5 Å². The predicted molar refractivity (Wildman–Crippen MR) is 74.2 cm³/mol. The Bertz CT molecular complexity index is 402. The lowest BCUT2D eigenvalue weighted by Gasteiger charge is -2.37. The first kappa shape index (κ1) is 13.1. The second-order valence-electron chi connectivity index (χ2n) is 5.28. The number of likely N-dealkylation sites (tertiary alicyclic amines) is 1. The summed E-state index contributed by atoms with van der Waals surface area (Å²) >= 11 is 0. The number of rotatable bonds is 3. The molecule has 2 atom stereocenters. The second-order valence-corrected chi connectivity index (χ2v) is 5.28. The van der Waals surface area contributed by atoms with Crippen LogP contribution in [0, 0.1) is 5.92 Å².